The molecule has 3 fully saturated rings. The van der Waals surface area contributed by atoms with E-state index in [1.807, 2.05) is 62.2 Å². The first-order valence-corrected chi connectivity index (χ1v) is 21.3. The predicted molar refractivity (Wildman–Crippen MR) is 223 cm³/mol. The molecule has 10 atom stereocenters. The van der Waals surface area contributed by atoms with E-state index in [9.17, 15) is 24.9 Å². The number of rotatable bonds is 6. The van der Waals surface area contributed by atoms with Crippen LogP contribution in [0.25, 0.3) is 10.9 Å². The minimum Gasteiger partial charge on any atom is -0.496 e. The Bertz CT molecular complexity index is 2280. The maximum atomic E-state index is 15.3. The summed E-state index contributed by atoms with van der Waals surface area (Å²) >= 11 is 0. The second-order valence-corrected chi connectivity index (χ2v) is 18.2. The smallest absolute Gasteiger partial charge is 0.425 e. The molecule has 6 N–H and O–H groups in total. The molecular formula is C45H58N6O9. The topological polar surface area (TPSA) is 189 Å². The number of hydrogen-bond donors (Lipinski definition) is 6. The molecule has 2 aromatic carbocycles. The van der Waals surface area contributed by atoms with E-state index in [2.05, 4.69) is 37.8 Å². The zero-order chi connectivity index (χ0) is 42.6. The van der Waals surface area contributed by atoms with E-state index in [1.165, 1.54) is 7.11 Å². The monoisotopic (exact) mass is 826 g/mol. The largest absolute Gasteiger partial charge is 0.496 e. The Labute approximate surface area is 350 Å². The van der Waals surface area contributed by atoms with Gasteiger partial charge in [-0.1, -0.05) is 44.2 Å². The molecule has 5 aliphatic heterocycles. The van der Waals surface area contributed by atoms with Crippen LogP contribution >= 0.6 is 0 Å². The summed E-state index contributed by atoms with van der Waals surface area (Å²) in [7, 11) is 5.96. The fourth-order valence-corrected chi connectivity index (χ4v) is 13.3. The highest BCUT2D eigenvalue weighted by Gasteiger charge is 2.79. The Morgan fingerprint density at radius 3 is 2.47 bits per heavy atom. The quantitative estimate of drug-likeness (QED) is 0.121. The highest BCUT2D eigenvalue weighted by molar-refractivity contribution is 5.95. The van der Waals surface area contributed by atoms with Gasteiger partial charge in [0.25, 0.3) is 5.91 Å². The van der Waals surface area contributed by atoms with Crippen molar-refractivity contribution in [2.75, 3.05) is 66.0 Å². The van der Waals surface area contributed by atoms with E-state index < -0.39 is 57.6 Å². The third-order valence-corrected chi connectivity index (χ3v) is 15.7. The number of esters is 1. The van der Waals surface area contributed by atoms with E-state index in [0.29, 0.717) is 88.2 Å². The minimum absolute atomic E-state index is 0.120. The van der Waals surface area contributed by atoms with Crippen molar-refractivity contribution in [3.8, 4) is 5.75 Å². The van der Waals surface area contributed by atoms with Crippen LogP contribution in [0.1, 0.15) is 68.3 Å². The van der Waals surface area contributed by atoms with Gasteiger partial charge in [0.1, 0.15) is 17.3 Å². The number of carbonyl (C=O) groups excluding carboxylic acids is 3. The van der Waals surface area contributed by atoms with Gasteiger partial charge in [-0.05, 0) is 74.2 Å². The van der Waals surface area contributed by atoms with Crippen LogP contribution in [0, 0.1) is 11.3 Å². The van der Waals surface area contributed by atoms with Gasteiger partial charge in [0, 0.05) is 84.0 Å². The van der Waals surface area contributed by atoms with Crippen molar-refractivity contribution >= 4 is 34.6 Å². The number of aliphatic hydroxyl groups is 3. The lowest BCUT2D eigenvalue weighted by Crippen LogP contribution is -2.82. The molecule has 15 heteroatoms. The lowest BCUT2D eigenvalue weighted by Gasteiger charge is -2.63. The molecule has 1 saturated carbocycles. The molecule has 15 nitrogen and oxygen atoms in total. The molecule has 1 aromatic heterocycles. The first-order valence-electron chi connectivity index (χ1n) is 21.3. The van der Waals surface area contributed by atoms with Gasteiger partial charge >= 0.3 is 12.1 Å². The fourth-order valence-electron chi connectivity index (χ4n) is 13.3. The van der Waals surface area contributed by atoms with Crippen LogP contribution in [0.3, 0.4) is 0 Å². The van der Waals surface area contributed by atoms with Gasteiger partial charge in [-0.25, -0.2) is 10.2 Å². The molecule has 2 amide bonds. The Morgan fingerprint density at radius 1 is 0.967 bits per heavy atom. The Balaban J connectivity index is 1.33. The molecule has 6 aliphatic rings. The van der Waals surface area contributed by atoms with Gasteiger partial charge in [-0.2, -0.15) is 0 Å². The maximum absolute atomic E-state index is 15.3. The lowest BCUT2D eigenvalue weighted by atomic mass is 9.47. The van der Waals surface area contributed by atoms with Crippen LogP contribution in [-0.2, 0) is 36.3 Å². The van der Waals surface area contributed by atoms with E-state index in [0.717, 1.165) is 34.8 Å². The first-order chi connectivity index (χ1) is 28.7. The van der Waals surface area contributed by atoms with Crippen LogP contribution in [0.5, 0.6) is 5.75 Å². The standard InChI is InChI=1S/C45H58N6O9/c1-7-41(56)22-26-23-44(39(54)59-5,34-28(14-18-50(24-26)25-41)27-12-9-10-13-31(27)46-34)30-20-29-32(21-33(30)58-4)49(3)36-43(29)16-19-51-17-11-15-42(8-2,35(43)51)37(52)45(36,57)38(53)47-48-40(55)60-6/h9-13,15,20-21,26,35-37,46,52,56-57H,7-8,14,16-19,22-25H2,1-6H3,(H,47,53)(H,48,55)/t26?,35-,36+,37+,41-,42+,43+,44-,45-/m0/s1. The van der Waals surface area contributed by atoms with Crippen molar-refractivity contribution in [2.45, 2.75) is 92.6 Å². The van der Waals surface area contributed by atoms with Crippen LogP contribution in [-0.4, -0.2) is 139 Å². The number of para-hydroxylation sites is 1. The number of aliphatic hydroxyl groups excluding tert-OH is 1. The number of anilines is 1. The number of piperidine rings is 1. The highest BCUT2D eigenvalue weighted by atomic mass is 16.5. The summed E-state index contributed by atoms with van der Waals surface area (Å²) in [5, 5.41) is 38.8. The van der Waals surface area contributed by atoms with E-state index >= 15 is 4.79 Å². The van der Waals surface area contributed by atoms with Crippen LogP contribution in [0.15, 0.2) is 48.6 Å². The van der Waals surface area contributed by atoms with Gasteiger partial charge in [0.05, 0.1) is 33.0 Å². The zero-order valence-electron chi connectivity index (χ0n) is 35.3. The average molecular weight is 827 g/mol. The third kappa shape index (κ3) is 5.28. The van der Waals surface area contributed by atoms with Crippen molar-refractivity contribution in [3.05, 3.63) is 70.9 Å². The molecule has 60 heavy (non-hydrogen) atoms. The molecule has 6 heterocycles. The molecule has 0 radical (unpaired) electrons. The number of amides is 2. The van der Waals surface area contributed by atoms with Crippen molar-refractivity contribution in [1.82, 2.24) is 25.6 Å². The van der Waals surface area contributed by atoms with Crippen molar-refractivity contribution < 1.29 is 43.9 Å². The maximum Gasteiger partial charge on any atom is 0.425 e. The fraction of sp³-hybridized carbons (Fsp3) is 0.578. The SMILES string of the molecule is CC[C@]1(O)CC2CN(CCc3c([nH]c4ccccc34)[C@@](C(=O)OC)(c3cc4c(cc3OC)N(C)[C@H]3[C@@](O)(C(=O)NNC(=O)OC)[C@H](O)[C@]5(CC)C=CCN6CC[C@]43[C@@H]65)C2)C1. The van der Waals surface area contributed by atoms with E-state index in [1.54, 1.807) is 7.11 Å². The number of aromatic amines is 1. The molecular weight excluding hydrogens is 769 g/mol. The minimum atomic E-state index is -2.47. The third-order valence-electron chi connectivity index (χ3n) is 15.7. The Kier molecular flexibility index (Phi) is 9.63. The van der Waals surface area contributed by atoms with Gasteiger partial charge < -0.3 is 39.4 Å². The van der Waals surface area contributed by atoms with Crippen LogP contribution in [0.2, 0.25) is 0 Å². The first kappa shape index (κ1) is 40.7. The number of benzene rings is 2. The molecule has 2 saturated heterocycles. The molecule has 1 aliphatic carbocycles. The number of methoxy groups -OCH3 is 3. The number of nitrogens with one attached hydrogen (secondary N) is 3. The van der Waals surface area contributed by atoms with Gasteiger partial charge in [0.2, 0.25) is 0 Å². The second-order valence-electron chi connectivity index (χ2n) is 18.2. The molecule has 2 unspecified atom stereocenters. The van der Waals surface area contributed by atoms with Crippen LogP contribution in [0.4, 0.5) is 10.5 Å². The summed E-state index contributed by atoms with van der Waals surface area (Å²) in [6, 6.07) is 10.6. The second kappa shape index (κ2) is 14.2. The van der Waals surface area contributed by atoms with Gasteiger partial charge in [-0.15, -0.1) is 0 Å². The number of fused-ring (bicyclic) bond motifs is 6. The van der Waals surface area contributed by atoms with E-state index in [-0.39, 0.29) is 12.0 Å². The highest BCUT2D eigenvalue weighted by Crippen LogP contribution is 2.67. The molecule has 9 rings (SSSR count). The number of carbonyl (C=O) groups is 3. The van der Waals surface area contributed by atoms with Crippen molar-refractivity contribution in [2.24, 2.45) is 11.3 Å². The number of aromatic nitrogens is 1. The number of likely N-dealkylation sites (N-methyl/N-ethyl adjacent to an activating group) is 1. The summed E-state index contributed by atoms with van der Waals surface area (Å²) < 4.78 is 17.0. The molecule has 322 valence electrons. The predicted octanol–water partition coefficient (Wildman–Crippen LogP) is 2.63. The molecule has 2 bridgehead atoms. The van der Waals surface area contributed by atoms with Crippen molar-refractivity contribution in [3.63, 3.8) is 0 Å². The summed E-state index contributed by atoms with van der Waals surface area (Å²) in [4.78, 5) is 52.4. The van der Waals surface area contributed by atoms with E-state index in [4.69, 9.17) is 14.2 Å². The Morgan fingerprint density at radius 2 is 1.75 bits per heavy atom. The average Bonchev–Trinajstić information content (AvgIpc) is 3.92. The number of hydrogen-bond acceptors (Lipinski definition) is 12. The lowest BCUT2D eigenvalue weighted by molar-refractivity contribution is -0.204. The zero-order valence-corrected chi connectivity index (χ0v) is 35.3. The normalized spacial score (nSPS) is 36.5. The van der Waals surface area contributed by atoms with Gasteiger partial charge in [-0.3, -0.25) is 24.8 Å². The van der Waals surface area contributed by atoms with Crippen molar-refractivity contribution in [1.29, 1.82) is 0 Å². The van der Waals surface area contributed by atoms with Gasteiger partial charge in [0.15, 0.2) is 5.60 Å². The Hall–Kier alpha value is -4.67. The summed E-state index contributed by atoms with van der Waals surface area (Å²) in [6.07, 6.45) is 4.34. The number of hydrazine groups is 1. The summed E-state index contributed by atoms with van der Waals surface area (Å²) in [5.41, 5.74) is 2.36. The molecule has 3 aromatic rings. The number of nitrogens with zero attached hydrogens (tertiary/aromatic N) is 3. The summed E-state index contributed by atoms with van der Waals surface area (Å²) in [6.45, 7) is 7.13. The number of H-pyrrole nitrogens is 1. The summed E-state index contributed by atoms with van der Waals surface area (Å²) in [5.74, 6) is -1.14. The van der Waals surface area contributed by atoms with Crippen LogP contribution < -0.4 is 20.5 Å². The molecule has 1 spiro atoms. The number of ether oxygens (including phenoxy) is 3.